The molecule has 0 saturated heterocycles. The van der Waals surface area contributed by atoms with Gasteiger partial charge in [0.05, 0.1) is 11.9 Å². The summed E-state index contributed by atoms with van der Waals surface area (Å²) in [4.78, 5) is 0. The van der Waals surface area contributed by atoms with Gasteiger partial charge in [-0.1, -0.05) is 20.3 Å². The Kier molecular flexibility index (Phi) is 2.98. The van der Waals surface area contributed by atoms with E-state index >= 15 is 0 Å². The Morgan fingerprint density at radius 3 is 2.53 bits per heavy atom. The second kappa shape index (κ2) is 4.25. The van der Waals surface area contributed by atoms with E-state index in [0.717, 1.165) is 17.5 Å². The maximum absolute atomic E-state index is 4.19. The van der Waals surface area contributed by atoms with Gasteiger partial charge in [-0.15, -0.1) is 0 Å². The van der Waals surface area contributed by atoms with Crippen LogP contribution in [0.25, 0.3) is 0 Å². The van der Waals surface area contributed by atoms with Crippen LogP contribution in [0, 0.1) is 11.8 Å². The summed E-state index contributed by atoms with van der Waals surface area (Å²) in [7, 11) is 1.96. The molecule has 1 fully saturated rings. The smallest absolute Gasteiger partial charge is 0.0728 e. The molecule has 0 unspecified atom stereocenters. The molecule has 1 aromatic rings. The number of hydrogen-bond acceptors (Lipinski definition) is 2. The van der Waals surface area contributed by atoms with Gasteiger partial charge in [0, 0.05) is 19.3 Å². The Morgan fingerprint density at radius 1 is 1.33 bits per heavy atom. The standard InChI is InChI=1S/C12H21N3/c1-9-5-4-6-10(2)12(9)14-11-7-13-15(3)8-11/h7-10,12,14H,4-6H2,1-3H3/t9-,10-/m0/s1. The van der Waals surface area contributed by atoms with Crippen LogP contribution in [0.3, 0.4) is 0 Å². The lowest BCUT2D eigenvalue weighted by Crippen LogP contribution is -2.36. The van der Waals surface area contributed by atoms with Crippen LogP contribution in [-0.2, 0) is 7.05 Å². The summed E-state index contributed by atoms with van der Waals surface area (Å²) in [5.41, 5.74) is 1.16. The number of anilines is 1. The minimum absolute atomic E-state index is 0.614. The fraction of sp³-hybridized carbons (Fsp3) is 0.750. The maximum atomic E-state index is 4.19. The SMILES string of the molecule is C[C@H]1CCC[C@H](C)C1Nc1cnn(C)c1. The second-order valence-corrected chi connectivity index (χ2v) is 4.96. The van der Waals surface area contributed by atoms with Gasteiger partial charge in [0.25, 0.3) is 0 Å². The van der Waals surface area contributed by atoms with E-state index in [9.17, 15) is 0 Å². The van der Waals surface area contributed by atoms with Crippen LogP contribution in [0.1, 0.15) is 33.1 Å². The first-order valence-electron chi connectivity index (χ1n) is 5.92. The van der Waals surface area contributed by atoms with Gasteiger partial charge in [0.1, 0.15) is 0 Å². The molecule has 84 valence electrons. The van der Waals surface area contributed by atoms with E-state index in [-0.39, 0.29) is 0 Å². The lowest BCUT2D eigenvalue weighted by molar-refractivity contribution is 0.268. The highest BCUT2D eigenvalue weighted by molar-refractivity contribution is 5.39. The van der Waals surface area contributed by atoms with Crippen LogP contribution >= 0.6 is 0 Å². The zero-order valence-electron chi connectivity index (χ0n) is 9.90. The molecule has 2 atom stereocenters. The Morgan fingerprint density at radius 2 is 2.00 bits per heavy atom. The van der Waals surface area contributed by atoms with Crippen molar-refractivity contribution < 1.29 is 0 Å². The quantitative estimate of drug-likeness (QED) is 0.808. The first kappa shape index (κ1) is 10.5. The van der Waals surface area contributed by atoms with Gasteiger partial charge in [0.15, 0.2) is 0 Å². The molecule has 3 nitrogen and oxygen atoms in total. The molecule has 15 heavy (non-hydrogen) atoms. The summed E-state index contributed by atoms with van der Waals surface area (Å²) in [6.07, 6.45) is 8.04. The van der Waals surface area contributed by atoms with Crippen LogP contribution in [0.5, 0.6) is 0 Å². The normalized spacial score (nSPS) is 27.9. The number of nitrogens with zero attached hydrogens (tertiary/aromatic N) is 2. The van der Waals surface area contributed by atoms with Gasteiger partial charge in [-0.25, -0.2) is 0 Å². The van der Waals surface area contributed by atoms with Crippen LogP contribution < -0.4 is 5.32 Å². The molecular formula is C12H21N3. The van der Waals surface area contributed by atoms with E-state index < -0.39 is 0 Å². The molecule has 1 N–H and O–H groups in total. The molecule has 1 aromatic heterocycles. The molecule has 3 heteroatoms. The highest BCUT2D eigenvalue weighted by Crippen LogP contribution is 2.31. The third-order valence-electron chi connectivity index (χ3n) is 3.58. The van der Waals surface area contributed by atoms with Crippen molar-refractivity contribution in [2.24, 2.45) is 18.9 Å². The highest BCUT2D eigenvalue weighted by Gasteiger charge is 2.27. The summed E-state index contributed by atoms with van der Waals surface area (Å²) in [5, 5.41) is 7.80. The van der Waals surface area contributed by atoms with E-state index in [1.807, 2.05) is 24.1 Å². The van der Waals surface area contributed by atoms with Gasteiger partial charge in [0.2, 0.25) is 0 Å². The monoisotopic (exact) mass is 207 g/mol. The Labute approximate surface area is 91.9 Å². The van der Waals surface area contributed by atoms with Gasteiger partial charge in [-0.3, -0.25) is 4.68 Å². The van der Waals surface area contributed by atoms with E-state index in [0.29, 0.717) is 6.04 Å². The molecule has 0 amide bonds. The largest absolute Gasteiger partial charge is 0.379 e. The van der Waals surface area contributed by atoms with Crippen molar-refractivity contribution in [3.05, 3.63) is 12.4 Å². The van der Waals surface area contributed by atoms with Crippen molar-refractivity contribution >= 4 is 5.69 Å². The van der Waals surface area contributed by atoms with Gasteiger partial charge in [-0.05, 0) is 24.7 Å². The third kappa shape index (κ3) is 2.33. The maximum Gasteiger partial charge on any atom is 0.0728 e. The molecule has 0 aromatic carbocycles. The lowest BCUT2D eigenvalue weighted by atomic mass is 9.78. The molecular weight excluding hydrogens is 186 g/mol. The van der Waals surface area contributed by atoms with Crippen LogP contribution in [0.4, 0.5) is 5.69 Å². The predicted octanol–water partition coefficient (Wildman–Crippen LogP) is 2.66. The van der Waals surface area contributed by atoms with E-state index in [1.165, 1.54) is 19.3 Å². The predicted molar refractivity (Wildman–Crippen MR) is 62.8 cm³/mol. The average molecular weight is 207 g/mol. The average Bonchev–Trinajstić information content (AvgIpc) is 2.58. The molecule has 0 bridgehead atoms. The fourth-order valence-electron chi connectivity index (χ4n) is 2.65. The highest BCUT2D eigenvalue weighted by atomic mass is 15.3. The van der Waals surface area contributed by atoms with Crippen LogP contribution in [-0.4, -0.2) is 15.8 Å². The molecule has 1 aliphatic carbocycles. The Balaban J connectivity index is 2.03. The topological polar surface area (TPSA) is 29.9 Å². The lowest BCUT2D eigenvalue weighted by Gasteiger charge is -2.35. The van der Waals surface area contributed by atoms with Gasteiger partial charge < -0.3 is 5.32 Å². The first-order chi connectivity index (χ1) is 7.16. The number of rotatable bonds is 2. The van der Waals surface area contributed by atoms with Crippen molar-refractivity contribution in [2.45, 2.75) is 39.2 Å². The van der Waals surface area contributed by atoms with E-state index in [1.54, 1.807) is 0 Å². The van der Waals surface area contributed by atoms with E-state index in [4.69, 9.17) is 0 Å². The van der Waals surface area contributed by atoms with Crippen molar-refractivity contribution in [1.82, 2.24) is 9.78 Å². The zero-order chi connectivity index (χ0) is 10.8. The Bertz CT molecular complexity index is 308. The minimum Gasteiger partial charge on any atom is -0.379 e. The summed E-state index contributed by atoms with van der Waals surface area (Å²) in [6, 6.07) is 0.614. The van der Waals surface area contributed by atoms with Gasteiger partial charge in [-0.2, -0.15) is 5.10 Å². The number of aromatic nitrogens is 2. The Hall–Kier alpha value is -0.990. The van der Waals surface area contributed by atoms with Crippen molar-refractivity contribution in [3.8, 4) is 0 Å². The molecule has 0 spiro atoms. The number of nitrogens with one attached hydrogen (secondary N) is 1. The number of hydrogen-bond donors (Lipinski definition) is 1. The molecule has 1 saturated carbocycles. The molecule has 0 radical (unpaired) electrons. The minimum atomic E-state index is 0.614. The van der Waals surface area contributed by atoms with Crippen LogP contribution in [0.2, 0.25) is 0 Å². The summed E-state index contributed by atoms with van der Waals surface area (Å²) < 4.78 is 1.85. The summed E-state index contributed by atoms with van der Waals surface area (Å²) in [5.74, 6) is 1.54. The van der Waals surface area contributed by atoms with Crippen molar-refractivity contribution in [3.63, 3.8) is 0 Å². The van der Waals surface area contributed by atoms with Crippen molar-refractivity contribution in [1.29, 1.82) is 0 Å². The second-order valence-electron chi connectivity index (χ2n) is 4.96. The van der Waals surface area contributed by atoms with Crippen molar-refractivity contribution in [2.75, 3.05) is 5.32 Å². The zero-order valence-corrected chi connectivity index (χ0v) is 9.90. The molecule has 1 aliphatic rings. The van der Waals surface area contributed by atoms with Gasteiger partial charge >= 0.3 is 0 Å². The third-order valence-corrected chi connectivity index (χ3v) is 3.58. The molecule has 2 rings (SSSR count). The fourth-order valence-corrected chi connectivity index (χ4v) is 2.65. The summed E-state index contributed by atoms with van der Waals surface area (Å²) >= 11 is 0. The molecule has 0 aliphatic heterocycles. The van der Waals surface area contributed by atoms with E-state index in [2.05, 4.69) is 24.3 Å². The first-order valence-corrected chi connectivity index (χ1v) is 5.92. The number of aryl methyl sites for hydroxylation is 1. The van der Waals surface area contributed by atoms with Crippen LogP contribution in [0.15, 0.2) is 12.4 Å². The molecule has 1 heterocycles. The summed E-state index contributed by atoms with van der Waals surface area (Å²) in [6.45, 7) is 4.70.